The van der Waals surface area contributed by atoms with Crippen LogP contribution in [-0.4, -0.2) is 42.5 Å². The van der Waals surface area contributed by atoms with Crippen molar-refractivity contribution in [1.29, 1.82) is 0 Å². The molecule has 1 aliphatic rings. The first-order valence-corrected chi connectivity index (χ1v) is 7.29. The average molecular weight is 293 g/mol. The molecule has 0 aliphatic carbocycles. The predicted octanol–water partition coefficient (Wildman–Crippen LogP) is 1.42. The van der Waals surface area contributed by atoms with E-state index in [1.54, 1.807) is 6.92 Å². The first-order valence-electron chi connectivity index (χ1n) is 7.29. The molecule has 1 amide bonds. The highest BCUT2D eigenvalue weighted by molar-refractivity contribution is 5.81. The summed E-state index contributed by atoms with van der Waals surface area (Å²) in [6, 6.07) is 7.56. The van der Waals surface area contributed by atoms with Gasteiger partial charge in [0.05, 0.1) is 12.1 Å². The Morgan fingerprint density at radius 2 is 2.00 bits per heavy atom. The first kappa shape index (κ1) is 15.8. The fraction of sp³-hybridized carbons (Fsp3) is 0.562. The Labute approximate surface area is 125 Å². The van der Waals surface area contributed by atoms with Crippen LogP contribution in [0, 0.1) is 6.92 Å². The quantitative estimate of drug-likeness (QED) is 0.861. The minimum Gasteiger partial charge on any atom is -0.481 e. The third-order valence-electron chi connectivity index (χ3n) is 3.84. The number of carbonyl (C=O) groups excluding carboxylic acids is 1. The van der Waals surface area contributed by atoms with Gasteiger partial charge in [-0.05, 0) is 38.8 Å². The highest BCUT2D eigenvalue weighted by Crippen LogP contribution is 2.21. The number of benzene rings is 1. The molecule has 1 aliphatic heterocycles. The van der Waals surface area contributed by atoms with Crippen molar-refractivity contribution in [3.05, 3.63) is 29.8 Å². The molecule has 1 fully saturated rings. The fourth-order valence-electron chi connectivity index (χ4n) is 2.32. The van der Waals surface area contributed by atoms with E-state index < -0.39 is 11.6 Å². The highest BCUT2D eigenvalue weighted by Gasteiger charge is 2.35. The second kappa shape index (κ2) is 6.91. The highest BCUT2D eigenvalue weighted by atomic mass is 16.5. The van der Waals surface area contributed by atoms with Crippen molar-refractivity contribution < 1.29 is 19.4 Å². The van der Waals surface area contributed by atoms with Crippen molar-refractivity contribution in [2.24, 2.45) is 0 Å². The van der Waals surface area contributed by atoms with Crippen LogP contribution in [0.2, 0.25) is 0 Å². The Morgan fingerprint density at radius 3 is 2.57 bits per heavy atom. The topological polar surface area (TPSA) is 67.8 Å². The van der Waals surface area contributed by atoms with Crippen molar-refractivity contribution in [1.82, 2.24) is 5.32 Å². The molecule has 1 aromatic rings. The molecule has 0 bridgehead atoms. The van der Waals surface area contributed by atoms with E-state index in [2.05, 4.69) is 5.32 Å². The minimum absolute atomic E-state index is 0.0840. The molecule has 5 nitrogen and oxygen atoms in total. The summed E-state index contributed by atoms with van der Waals surface area (Å²) in [5.41, 5.74) is 0.557. The number of aliphatic hydroxyl groups excluding tert-OH is 1. The SMILES string of the molecule is Cc1ccc(OC(C)C(=O)NC2(CO)CCOCC2)cc1. The third kappa shape index (κ3) is 4.19. The summed E-state index contributed by atoms with van der Waals surface area (Å²) in [6.07, 6.45) is 0.623. The molecule has 2 N–H and O–H groups in total. The van der Waals surface area contributed by atoms with Gasteiger partial charge in [0.15, 0.2) is 6.10 Å². The van der Waals surface area contributed by atoms with Crippen molar-refractivity contribution in [3.8, 4) is 5.75 Å². The largest absolute Gasteiger partial charge is 0.481 e. The normalized spacial score (nSPS) is 18.8. The van der Waals surface area contributed by atoms with Crippen LogP contribution in [0.1, 0.15) is 25.3 Å². The van der Waals surface area contributed by atoms with Crippen LogP contribution in [0.3, 0.4) is 0 Å². The number of aliphatic hydroxyl groups is 1. The molecule has 2 rings (SSSR count). The molecule has 5 heteroatoms. The van der Waals surface area contributed by atoms with Crippen LogP contribution in [0.15, 0.2) is 24.3 Å². The number of ether oxygens (including phenoxy) is 2. The lowest BCUT2D eigenvalue weighted by Crippen LogP contribution is -2.57. The lowest BCUT2D eigenvalue weighted by molar-refractivity contribution is -0.131. The molecule has 1 unspecified atom stereocenters. The number of nitrogens with one attached hydrogen (secondary N) is 1. The van der Waals surface area contributed by atoms with Gasteiger partial charge in [0.1, 0.15) is 5.75 Å². The summed E-state index contributed by atoms with van der Waals surface area (Å²) < 4.78 is 10.9. The maximum Gasteiger partial charge on any atom is 0.261 e. The van der Waals surface area contributed by atoms with E-state index in [0.717, 1.165) is 5.56 Å². The van der Waals surface area contributed by atoms with E-state index in [1.807, 2.05) is 31.2 Å². The van der Waals surface area contributed by atoms with Crippen LogP contribution in [-0.2, 0) is 9.53 Å². The van der Waals surface area contributed by atoms with Gasteiger partial charge in [-0.25, -0.2) is 0 Å². The van der Waals surface area contributed by atoms with Crippen LogP contribution in [0.25, 0.3) is 0 Å². The Kier molecular flexibility index (Phi) is 5.20. The molecule has 116 valence electrons. The maximum absolute atomic E-state index is 12.3. The molecule has 0 saturated carbocycles. The number of aryl methyl sites for hydroxylation is 1. The summed E-state index contributed by atoms with van der Waals surface area (Å²) in [6.45, 7) is 4.72. The van der Waals surface area contributed by atoms with E-state index in [1.165, 1.54) is 0 Å². The van der Waals surface area contributed by atoms with Gasteiger partial charge in [-0.15, -0.1) is 0 Å². The van der Waals surface area contributed by atoms with Crippen molar-refractivity contribution in [2.75, 3.05) is 19.8 Å². The standard InChI is InChI=1S/C16H23NO4/c1-12-3-5-14(6-4-12)21-13(2)15(19)17-16(11-18)7-9-20-10-8-16/h3-6,13,18H,7-11H2,1-2H3,(H,17,19). The molecule has 0 spiro atoms. The summed E-state index contributed by atoms with van der Waals surface area (Å²) in [5.74, 6) is 0.444. The molecule has 1 aromatic carbocycles. The van der Waals surface area contributed by atoms with Gasteiger partial charge in [-0.1, -0.05) is 17.7 Å². The lowest BCUT2D eigenvalue weighted by atomic mass is 9.91. The molecule has 0 aromatic heterocycles. The molecule has 1 saturated heterocycles. The Hall–Kier alpha value is -1.59. The average Bonchev–Trinajstić information content (AvgIpc) is 2.50. The summed E-state index contributed by atoms with van der Waals surface area (Å²) >= 11 is 0. The van der Waals surface area contributed by atoms with Gasteiger partial charge in [-0.3, -0.25) is 4.79 Å². The Balaban J connectivity index is 1.93. The second-order valence-corrected chi connectivity index (χ2v) is 5.61. The zero-order chi connectivity index (χ0) is 15.3. The zero-order valence-electron chi connectivity index (χ0n) is 12.6. The van der Waals surface area contributed by atoms with Crippen molar-refractivity contribution in [2.45, 2.75) is 38.3 Å². The van der Waals surface area contributed by atoms with Gasteiger partial charge in [0, 0.05) is 13.2 Å². The van der Waals surface area contributed by atoms with Gasteiger partial charge in [0.2, 0.25) is 0 Å². The number of hydrogen-bond donors (Lipinski definition) is 2. The maximum atomic E-state index is 12.3. The molecule has 0 radical (unpaired) electrons. The third-order valence-corrected chi connectivity index (χ3v) is 3.84. The number of carbonyl (C=O) groups is 1. The van der Waals surface area contributed by atoms with E-state index >= 15 is 0 Å². The van der Waals surface area contributed by atoms with E-state index in [-0.39, 0.29) is 12.5 Å². The van der Waals surface area contributed by atoms with Crippen LogP contribution >= 0.6 is 0 Å². The first-order chi connectivity index (χ1) is 10.0. The van der Waals surface area contributed by atoms with Crippen LogP contribution in [0.5, 0.6) is 5.75 Å². The van der Waals surface area contributed by atoms with E-state index in [4.69, 9.17) is 9.47 Å². The summed E-state index contributed by atoms with van der Waals surface area (Å²) in [4.78, 5) is 12.3. The van der Waals surface area contributed by atoms with Gasteiger partial charge >= 0.3 is 0 Å². The van der Waals surface area contributed by atoms with Crippen molar-refractivity contribution in [3.63, 3.8) is 0 Å². The van der Waals surface area contributed by atoms with Gasteiger partial charge in [0.25, 0.3) is 5.91 Å². The van der Waals surface area contributed by atoms with E-state index in [9.17, 15) is 9.90 Å². The Morgan fingerprint density at radius 1 is 1.38 bits per heavy atom. The predicted molar refractivity (Wildman–Crippen MR) is 79.3 cm³/mol. The number of hydrogen-bond acceptors (Lipinski definition) is 4. The smallest absolute Gasteiger partial charge is 0.261 e. The molecule has 1 atom stereocenters. The van der Waals surface area contributed by atoms with E-state index in [0.29, 0.717) is 31.8 Å². The monoisotopic (exact) mass is 293 g/mol. The number of rotatable bonds is 5. The molecule has 21 heavy (non-hydrogen) atoms. The van der Waals surface area contributed by atoms with Crippen LogP contribution < -0.4 is 10.1 Å². The fourth-order valence-corrected chi connectivity index (χ4v) is 2.32. The molecule has 1 heterocycles. The molecular formula is C16H23NO4. The second-order valence-electron chi connectivity index (χ2n) is 5.61. The van der Waals surface area contributed by atoms with Gasteiger partial charge in [-0.2, -0.15) is 0 Å². The number of amides is 1. The van der Waals surface area contributed by atoms with Crippen LogP contribution in [0.4, 0.5) is 0 Å². The lowest BCUT2D eigenvalue weighted by Gasteiger charge is -2.37. The zero-order valence-corrected chi connectivity index (χ0v) is 12.6. The van der Waals surface area contributed by atoms with Crippen molar-refractivity contribution >= 4 is 5.91 Å². The van der Waals surface area contributed by atoms with Gasteiger partial charge < -0.3 is 19.9 Å². The Bertz CT molecular complexity index is 466. The summed E-state index contributed by atoms with van der Waals surface area (Å²) in [5, 5.41) is 12.5. The molecular weight excluding hydrogens is 270 g/mol. The minimum atomic E-state index is -0.612. The summed E-state index contributed by atoms with van der Waals surface area (Å²) in [7, 11) is 0.